The molecular formula is C24H17N3O3. The van der Waals surface area contributed by atoms with Crippen LogP contribution < -0.4 is 4.74 Å². The van der Waals surface area contributed by atoms with Crippen LogP contribution in [0, 0.1) is 10.1 Å². The molecule has 30 heavy (non-hydrogen) atoms. The quantitative estimate of drug-likeness (QED) is 0.285. The zero-order valence-electron chi connectivity index (χ0n) is 15.9. The van der Waals surface area contributed by atoms with Gasteiger partial charge in [-0.05, 0) is 46.7 Å². The molecule has 0 unspecified atom stereocenters. The molecule has 6 heteroatoms. The number of nitrogens with zero attached hydrogens (tertiary/aromatic N) is 3. The van der Waals surface area contributed by atoms with E-state index in [0.717, 1.165) is 22.6 Å². The zero-order chi connectivity index (χ0) is 20.5. The molecule has 0 aliphatic heterocycles. The first-order valence-corrected chi connectivity index (χ1v) is 9.50. The second-order valence-electron chi connectivity index (χ2n) is 6.99. The maximum Gasteiger partial charge on any atom is 0.286 e. The Morgan fingerprint density at radius 1 is 0.900 bits per heavy atom. The number of hydrogen-bond acceptors (Lipinski definition) is 4. The smallest absolute Gasteiger partial charge is 0.286 e. The molecule has 6 nitrogen and oxygen atoms in total. The van der Waals surface area contributed by atoms with Crippen molar-refractivity contribution in [3.8, 4) is 17.0 Å². The number of benzene rings is 3. The Labute approximate surface area is 172 Å². The molecule has 0 saturated carbocycles. The van der Waals surface area contributed by atoms with Crippen LogP contribution in [-0.2, 0) is 6.61 Å². The molecule has 0 amide bonds. The summed E-state index contributed by atoms with van der Waals surface area (Å²) in [5.74, 6) is 0.770. The van der Waals surface area contributed by atoms with Crippen LogP contribution in [0.5, 0.6) is 5.75 Å². The standard InChI is InChI=1S/C24H17N3O3/c28-27(29)20-10-13-24-25-23(15-26(24)14-20)18-8-11-21(12-9-18)30-16-19-6-3-5-17-4-1-2-7-22(17)19/h1-15H,16H2. The predicted octanol–water partition coefficient (Wildman–Crippen LogP) is 5.64. The summed E-state index contributed by atoms with van der Waals surface area (Å²) in [4.78, 5) is 15.1. The van der Waals surface area contributed by atoms with Crippen molar-refractivity contribution in [3.63, 3.8) is 0 Å². The molecule has 0 bridgehead atoms. The van der Waals surface area contributed by atoms with Crippen molar-refractivity contribution in [1.82, 2.24) is 9.38 Å². The van der Waals surface area contributed by atoms with Crippen molar-refractivity contribution in [2.45, 2.75) is 6.61 Å². The van der Waals surface area contributed by atoms with Gasteiger partial charge in [-0.25, -0.2) is 4.98 Å². The van der Waals surface area contributed by atoms with E-state index in [4.69, 9.17) is 4.74 Å². The summed E-state index contributed by atoms with van der Waals surface area (Å²) in [6.07, 6.45) is 3.25. The molecule has 0 fully saturated rings. The number of pyridine rings is 1. The summed E-state index contributed by atoms with van der Waals surface area (Å²) in [6, 6.07) is 25.3. The van der Waals surface area contributed by atoms with Gasteiger partial charge in [0.25, 0.3) is 5.69 Å². The van der Waals surface area contributed by atoms with E-state index >= 15 is 0 Å². The van der Waals surface area contributed by atoms with Gasteiger partial charge in [-0.2, -0.15) is 0 Å². The first-order valence-electron chi connectivity index (χ1n) is 9.50. The fourth-order valence-corrected chi connectivity index (χ4v) is 3.53. The molecule has 2 aromatic heterocycles. The average molecular weight is 395 g/mol. The van der Waals surface area contributed by atoms with Crippen LogP contribution in [0.3, 0.4) is 0 Å². The van der Waals surface area contributed by atoms with E-state index in [0.29, 0.717) is 12.3 Å². The Kier molecular flexibility index (Phi) is 4.37. The van der Waals surface area contributed by atoms with Gasteiger partial charge < -0.3 is 4.74 Å². The summed E-state index contributed by atoms with van der Waals surface area (Å²) in [5.41, 5.74) is 3.49. The van der Waals surface area contributed by atoms with Gasteiger partial charge in [0.05, 0.1) is 16.8 Å². The van der Waals surface area contributed by atoms with Gasteiger partial charge in [-0.3, -0.25) is 14.5 Å². The second-order valence-corrected chi connectivity index (χ2v) is 6.99. The number of ether oxygens (including phenoxy) is 1. The van der Waals surface area contributed by atoms with Gasteiger partial charge in [0.2, 0.25) is 0 Å². The Morgan fingerprint density at radius 3 is 2.53 bits per heavy atom. The number of aromatic nitrogens is 2. The van der Waals surface area contributed by atoms with Gasteiger partial charge in [-0.1, -0.05) is 42.5 Å². The second kappa shape index (κ2) is 7.33. The molecule has 146 valence electrons. The van der Waals surface area contributed by atoms with Crippen molar-refractivity contribution >= 4 is 22.1 Å². The normalized spacial score (nSPS) is 11.1. The molecule has 0 saturated heterocycles. The molecule has 5 aromatic rings. The largest absolute Gasteiger partial charge is 0.489 e. The van der Waals surface area contributed by atoms with E-state index in [2.05, 4.69) is 29.2 Å². The molecular weight excluding hydrogens is 378 g/mol. The summed E-state index contributed by atoms with van der Waals surface area (Å²) in [5, 5.41) is 13.3. The van der Waals surface area contributed by atoms with Crippen LogP contribution >= 0.6 is 0 Å². The summed E-state index contributed by atoms with van der Waals surface area (Å²) in [6.45, 7) is 0.485. The zero-order valence-corrected chi connectivity index (χ0v) is 15.9. The van der Waals surface area contributed by atoms with Crippen molar-refractivity contribution in [3.05, 3.63) is 107 Å². The van der Waals surface area contributed by atoms with Crippen LogP contribution in [-0.4, -0.2) is 14.3 Å². The fraction of sp³-hybridized carbons (Fsp3) is 0.0417. The van der Waals surface area contributed by atoms with Crippen LogP contribution in [0.25, 0.3) is 27.7 Å². The highest BCUT2D eigenvalue weighted by Gasteiger charge is 2.10. The van der Waals surface area contributed by atoms with Crippen molar-refractivity contribution < 1.29 is 9.66 Å². The van der Waals surface area contributed by atoms with Crippen LogP contribution in [0.4, 0.5) is 5.69 Å². The molecule has 2 heterocycles. The maximum atomic E-state index is 11.0. The minimum atomic E-state index is -0.415. The van der Waals surface area contributed by atoms with Crippen LogP contribution in [0.15, 0.2) is 91.3 Å². The monoisotopic (exact) mass is 395 g/mol. The third-order valence-electron chi connectivity index (χ3n) is 5.07. The molecule has 3 aromatic carbocycles. The molecule has 0 aliphatic rings. The first kappa shape index (κ1) is 17.9. The number of nitro groups is 1. The van der Waals surface area contributed by atoms with E-state index in [9.17, 15) is 10.1 Å². The summed E-state index contributed by atoms with van der Waals surface area (Å²) < 4.78 is 7.66. The van der Waals surface area contributed by atoms with Crippen molar-refractivity contribution in [2.24, 2.45) is 0 Å². The fourth-order valence-electron chi connectivity index (χ4n) is 3.53. The highest BCUT2D eigenvalue weighted by Crippen LogP contribution is 2.25. The minimum absolute atomic E-state index is 0.0311. The first-order chi connectivity index (χ1) is 14.7. The predicted molar refractivity (Wildman–Crippen MR) is 116 cm³/mol. The Morgan fingerprint density at radius 2 is 1.70 bits per heavy atom. The van der Waals surface area contributed by atoms with E-state index in [1.165, 1.54) is 23.0 Å². The third-order valence-corrected chi connectivity index (χ3v) is 5.07. The van der Waals surface area contributed by atoms with E-state index in [1.54, 1.807) is 16.7 Å². The molecule has 0 spiro atoms. The number of imidazole rings is 1. The summed E-state index contributed by atoms with van der Waals surface area (Å²) in [7, 11) is 0. The lowest BCUT2D eigenvalue weighted by Gasteiger charge is -2.09. The van der Waals surface area contributed by atoms with Crippen molar-refractivity contribution in [2.75, 3.05) is 0 Å². The highest BCUT2D eigenvalue weighted by molar-refractivity contribution is 5.85. The van der Waals surface area contributed by atoms with Crippen molar-refractivity contribution in [1.29, 1.82) is 0 Å². The average Bonchev–Trinajstić information content (AvgIpc) is 3.21. The molecule has 0 aliphatic carbocycles. The van der Waals surface area contributed by atoms with Gasteiger partial charge in [0.1, 0.15) is 18.0 Å². The number of hydrogen-bond donors (Lipinski definition) is 0. The lowest BCUT2D eigenvalue weighted by Crippen LogP contribution is -1.96. The lowest BCUT2D eigenvalue weighted by atomic mass is 10.1. The maximum absolute atomic E-state index is 11.0. The molecule has 0 N–H and O–H groups in total. The van der Waals surface area contributed by atoms with E-state index < -0.39 is 4.92 Å². The van der Waals surface area contributed by atoms with Gasteiger partial charge in [0.15, 0.2) is 0 Å². The third kappa shape index (κ3) is 3.35. The van der Waals surface area contributed by atoms with Crippen LogP contribution in [0.2, 0.25) is 0 Å². The minimum Gasteiger partial charge on any atom is -0.489 e. The SMILES string of the molecule is O=[N+]([O-])c1ccc2nc(-c3ccc(OCc4cccc5ccccc45)cc3)cn2c1. The lowest BCUT2D eigenvalue weighted by molar-refractivity contribution is -0.385. The molecule has 0 atom stereocenters. The Bertz CT molecular complexity index is 1370. The molecule has 0 radical (unpaired) electrons. The van der Waals surface area contributed by atoms with Gasteiger partial charge in [0, 0.05) is 17.8 Å². The van der Waals surface area contributed by atoms with Gasteiger partial charge in [-0.15, -0.1) is 0 Å². The number of rotatable bonds is 5. The highest BCUT2D eigenvalue weighted by atomic mass is 16.6. The van der Waals surface area contributed by atoms with Crippen LogP contribution in [0.1, 0.15) is 5.56 Å². The Hall–Kier alpha value is -4.19. The van der Waals surface area contributed by atoms with E-state index in [1.807, 2.05) is 42.5 Å². The van der Waals surface area contributed by atoms with E-state index in [-0.39, 0.29) is 5.69 Å². The summed E-state index contributed by atoms with van der Waals surface area (Å²) >= 11 is 0. The van der Waals surface area contributed by atoms with Gasteiger partial charge >= 0.3 is 0 Å². The number of fused-ring (bicyclic) bond motifs is 2. The Balaban J connectivity index is 1.35. The topological polar surface area (TPSA) is 69.7 Å². The molecule has 5 rings (SSSR count).